The van der Waals surface area contributed by atoms with Crippen molar-refractivity contribution in [3.05, 3.63) is 60.3 Å². The molecule has 33 heavy (non-hydrogen) atoms. The minimum Gasteiger partial charge on any atom is -0.495 e. The summed E-state index contributed by atoms with van der Waals surface area (Å²) in [5.74, 6) is -0.815. The predicted octanol–water partition coefficient (Wildman–Crippen LogP) is 1.93. The number of amides is 1. The largest absolute Gasteiger partial charge is 0.495 e. The van der Waals surface area contributed by atoms with Crippen molar-refractivity contribution in [1.29, 1.82) is 0 Å². The second-order valence-corrected chi connectivity index (χ2v) is 8.46. The Morgan fingerprint density at radius 3 is 2.70 bits per heavy atom. The van der Waals surface area contributed by atoms with Gasteiger partial charge in [0, 0.05) is 23.3 Å². The lowest BCUT2D eigenvalue weighted by atomic mass is 9.99. The molecule has 1 aromatic carbocycles. The zero-order valence-corrected chi connectivity index (χ0v) is 19.6. The number of aliphatic hydroxyl groups excluding tert-OH is 1. The molecule has 12 heteroatoms. The molecule has 1 amide bonds. The van der Waals surface area contributed by atoms with Crippen molar-refractivity contribution in [3.63, 3.8) is 0 Å². The van der Waals surface area contributed by atoms with Crippen LogP contribution in [0.5, 0.6) is 5.75 Å². The summed E-state index contributed by atoms with van der Waals surface area (Å²) < 4.78 is 26.4. The van der Waals surface area contributed by atoms with E-state index in [1.54, 1.807) is 19.9 Å². The second kappa shape index (κ2) is 10.3. The number of nitrogens with one attached hydrogen (secondary N) is 2. The average Bonchev–Trinajstić information content (AvgIpc) is 3.05. The quantitative estimate of drug-likeness (QED) is 0.530. The SMILES string of the molecule is CCc1cn([C@@H]2O[C@H](CNC(=O)C(C)c3cc(OC)c(Cl)cc3Cl)[C@@H](O)[C@H]2F)c(=O)[nH]c1=O. The lowest BCUT2D eigenvalue weighted by molar-refractivity contribution is -0.123. The number of aromatic nitrogens is 2. The van der Waals surface area contributed by atoms with Gasteiger partial charge in [0.25, 0.3) is 5.56 Å². The number of benzene rings is 1. The number of alkyl halides is 1. The number of H-pyrrole nitrogens is 1. The number of aliphatic hydroxyl groups is 1. The van der Waals surface area contributed by atoms with Gasteiger partial charge >= 0.3 is 5.69 Å². The van der Waals surface area contributed by atoms with Crippen LogP contribution in [0.1, 0.15) is 37.1 Å². The first kappa shape index (κ1) is 25.2. The molecule has 3 rings (SSSR count). The Hall–Kier alpha value is -2.40. The van der Waals surface area contributed by atoms with Crippen molar-refractivity contribution in [2.75, 3.05) is 13.7 Å². The first-order valence-electron chi connectivity index (χ1n) is 10.2. The molecule has 1 fully saturated rings. The third kappa shape index (κ3) is 5.08. The highest BCUT2D eigenvalue weighted by atomic mass is 35.5. The molecule has 2 heterocycles. The first-order chi connectivity index (χ1) is 15.6. The van der Waals surface area contributed by atoms with Gasteiger partial charge in [0.15, 0.2) is 12.4 Å². The fourth-order valence-electron chi connectivity index (χ4n) is 3.59. The Labute approximate surface area is 198 Å². The number of carbonyl (C=O) groups excluding carboxylic acids is 1. The second-order valence-electron chi connectivity index (χ2n) is 7.65. The Morgan fingerprint density at radius 2 is 2.06 bits per heavy atom. The van der Waals surface area contributed by atoms with Crippen LogP contribution in [0, 0.1) is 0 Å². The summed E-state index contributed by atoms with van der Waals surface area (Å²) in [7, 11) is 1.43. The van der Waals surface area contributed by atoms with E-state index in [0.717, 1.165) is 4.57 Å². The highest BCUT2D eigenvalue weighted by molar-refractivity contribution is 6.36. The Balaban J connectivity index is 1.72. The van der Waals surface area contributed by atoms with Crippen molar-refractivity contribution in [1.82, 2.24) is 14.9 Å². The van der Waals surface area contributed by atoms with Crippen LogP contribution < -0.4 is 21.3 Å². The van der Waals surface area contributed by atoms with Gasteiger partial charge in [-0.25, -0.2) is 9.18 Å². The summed E-state index contributed by atoms with van der Waals surface area (Å²) in [6, 6.07) is 3.02. The predicted molar refractivity (Wildman–Crippen MR) is 120 cm³/mol. The Bertz CT molecular complexity index is 1150. The minimum absolute atomic E-state index is 0.220. The standard InChI is InChI=1S/C21H24Cl2FN3O6/c1-4-10-8-27(21(31)26-19(10)30)20-16(24)17(28)15(33-20)7-25-18(29)9(2)11-5-14(32-3)13(23)6-12(11)22/h5-6,8-9,15-17,20,28H,4,7H2,1-3H3,(H,25,29)(H,26,30,31)/t9?,15-,16-,17-,20-/m1/s1. The van der Waals surface area contributed by atoms with E-state index in [1.165, 1.54) is 19.4 Å². The van der Waals surface area contributed by atoms with Gasteiger partial charge in [-0.05, 0) is 31.0 Å². The smallest absolute Gasteiger partial charge is 0.330 e. The van der Waals surface area contributed by atoms with Crippen molar-refractivity contribution in [2.24, 2.45) is 0 Å². The average molecular weight is 504 g/mol. The summed E-state index contributed by atoms with van der Waals surface area (Å²) in [4.78, 5) is 38.7. The molecule has 1 aliphatic rings. The van der Waals surface area contributed by atoms with Gasteiger partial charge in [0.1, 0.15) is 18.0 Å². The Morgan fingerprint density at radius 1 is 1.36 bits per heavy atom. The van der Waals surface area contributed by atoms with Crippen LogP contribution in [0.15, 0.2) is 27.9 Å². The van der Waals surface area contributed by atoms with Crippen molar-refractivity contribution in [3.8, 4) is 5.75 Å². The van der Waals surface area contributed by atoms with E-state index in [2.05, 4.69) is 10.3 Å². The Kier molecular flexibility index (Phi) is 7.84. The van der Waals surface area contributed by atoms with E-state index in [1.807, 2.05) is 0 Å². The van der Waals surface area contributed by atoms with E-state index in [0.29, 0.717) is 22.8 Å². The normalized spacial score (nSPS) is 23.4. The molecule has 0 radical (unpaired) electrons. The molecule has 0 saturated carbocycles. The van der Waals surface area contributed by atoms with E-state index in [9.17, 15) is 23.9 Å². The maximum Gasteiger partial charge on any atom is 0.330 e. The molecule has 3 N–H and O–H groups in total. The monoisotopic (exact) mass is 503 g/mol. The molecular weight excluding hydrogens is 480 g/mol. The van der Waals surface area contributed by atoms with Crippen LogP contribution in [0.3, 0.4) is 0 Å². The van der Waals surface area contributed by atoms with Gasteiger partial charge in [-0.15, -0.1) is 0 Å². The van der Waals surface area contributed by atoms with Gasteiger partial charge in [-0.1, -0.05) is 30.1 Å². The fraction of sp³-hybridized carbons (Fsp3) is 0.476. The highest BCUT2D eigenvalue weighted by Crippen LogP contribution is 2.35. The number of carbonyl (C=O) groups is 1. The topological polar surface area (TPSA) is 123 Å². The van der Waals surface area contributed by atoms with Crippen LogP contribution in [0.2, 0.25) is 10.0 Å². The van der Waals surface area contributed by atoms with Crippen LogP contribution in [0.25, 0.3) is 0 Å². The summed E-state index contributed by atoms with van der Waals surface area (Å²) in [6.07, 6.45) is -4.60. The molecule has 180 valence electrons. The molecule has 1 aromatic heterocycles. The number of nitrogens with zero attached hydrogens (tertiary/aromatic N) is 1. The highest BCUT2D eigenvalue weighted by Gasteiger charge is 2.45. The first-order valence-corrected chi connectivity index (χ1v) is 11.0. The number of halogens is 3. The maximum atomic E-state index is 14.8. The number of rotatable bonds is 7. The summed E-state index contributed by atoms with van der Waals surface area (Å²) in [6.45, 7) is 3.10. The van der Waals surface area contributed by atoms with E-state index < -0.39 is 47.7 Å². The minimum atomic E-state index is -1.95. The molecule has 1 unspecified atom stereocenters. The van der Waals surface area contributed by atoms with E-state index in [4.69, 9.17) is 32.7 Å². The molecule has 9 nitrogen and oxygen atoms in total. The van der Waals surface area contributed by atoms with Crippen molar-refractivity contribution in [2.45, 2.75) is 50.8 Å². The third-order valence-electron chi connectivity index (χ3n) is 5.60. The number of hydrogen-bond acceptors (Lipinski definition) is 6. The van der Waals surface area contributed by atoms with Crippen molar-refractivity contribution >= 4 is 29.1 Å². The third-order valence-corrected chi connectivity index (χ3v) is 6.22. The number of methoxy groups -OCH3 is 1. The van der Waals surface area contributed by atoms with Crippen LogP contribution in [-0.4, -0.2) is 52.6 Å². The van der Waals surface area contributed by atoms with Crippen molar-refractivity contribution < 1.29 is 23.8 Å². The fourth-order valence-corrected chi connectivity index (χ4v) is 4.22. The molecule has 0 bridgehead atoms. The summed E-state index contributed by atoms with van der Waals surface area (Å²) in [5.41, 5.74) is -0.693. The number of ether oxygens (including phenoxy) is 2. The molecular formula is C21H24Cl2FN3O6. The molecule has 0 aliphatic carbocycles. The lowest BCUT2D eigenvalue weighted by Gasteiger charge is -2.19. The van der Waals surface area contributed by atoms with Crippen LogP contribution >= 0.6 is 23.2 Å². The molecule has 1 aliphatic heterocycles. The van der Waals surface area contributed by atoms with E-state index in [-0.39, 0.29) is 17.1 Å². The van der Waals surface area contributed by atoms with Gasteiger partial charge in [-0.2, -0.15) is 0 Å². The molecule has 0 spiro atoms. The lowest BCUT2D eigenvalue weighted by Crippen LogP contribution is -2.40. The number of aromatic amines is 1. The number of aryl methyl sites for hydroxylation is 1. The van der Waals surface area contributed by atoms with Gasteiger partial charge in [-0.3, -0.25) is 19.1 Å². The zero-order valence-electron chi connectivity index (χ0n) is 18.1. The number of hydrogen-bond donors (Lipinski definition) is 3. The van der Waals surface area contributed by atoms with Gasteiger partial charge < -0.3 is 19.9 Å². The maximum absolute atomic E-state index is 14.8. The zero-order chi connectivity index (χ0) is 24.4. The van der Waals surface area contributed by atoms with Gasteiger partial charge in [0.2, 0.25) is 5.91 Å². The molecule has 5 atom stereocenters. The van der Waals surface area contributed by atoms with Gasteiger partial charge in [0.05, 0.1) is 18.1 Å². The van der Waals surface area contributed by atoms with Crippen LogP contribution in [-0.2, 0) is 16.0 Å². The van der Waals surface area contributed by atoms with E-state index >= 15 is 0 Å². The summed E-state index contributed by atoms with van der Waals surface area (Å²) in [5, 5.41) is 13.5. The van der Waals surface area contributed by atoms with Crippen LogP contribution in [0.4, 0.5) is 4.39 Å². The summed E-state index contributed by atoms with van der Waals surface area (Å²) >= 11 is 12.2. The molecule has 2 aromatic rings. The molecule has 1 saturated heterocycles.